The lowest BCUT2D eigenvalue weighted by molar-refractivity contribution is -0.120. The molecule has 0 aliphatic heterocycles. The summed E-state index contributed by atoms with van der Waals surface area (Å²) in [7, 11) is 1.49. The Kier molecular flexibility index (Phi) is 7.34. The SMILES string of the molecule is COc1cc(/C=N/NC(=O)Cc2cccc3ccccc23)ccc1OC(=O)c1ccc(Br)cc1. The molecule has 1 amide bonds. The predicted octanol–water partition coefficient (Wildman–Crippen LogP) is 5.52. The Morgan fingerprint density at radius 3 is 2.50 bits per heavy atom. The Balaban J connectivity index is 1.39. The molecule has 4 aromatic rings. The van der Waals surface area contributed by atoms with Gasteiger partial charge in [0.05, 0.1) is 25.3 Å². The average Bonchev–Trinajstić information content (AvgIpc) is 2.85. The number of fused-ring (bicyclic) bond motifs is 1. The number of halogens is 1. The first-order valence-electron chi connectivity index (χ1n) is 10.5. The van der Waals surface area contributed by atoms with Crippen LogP contribution in [-0.2, 0) is 11.2 Å². The summed E-state index contributed by atoms with van der Waals surface area (Å²) in [5.41, 5.74) is 4.58. The van der Waals surface area contributed by atoms with Gasteiger partial charge >= 0.3 is 5.97 Å². The van der Waals surface area contributed by atoms with Crippen molar-refractivity contribution in [2.45, 2.75) is 6.42 Å². The van der Waals surface area contributed by atoms with Crippen LogP contribution < -0.4 is 14.9 Å². The van der Waals surface area contributed by atoms with Gasteiger partial charge in [-0.25, -0.2) is 10.2 Å². The number of carbonyl (C=O) groups excluding carboxylic acids is 2. The maximum Gasteiger partial charge on any atom is 0.343 e. The van der Waals surface area contributed by atoms with Crippen LogP contribution in [0.3, 0.4) is 0 Å². The van der Waals surface area contributed by atoms with Gasteiger partial charge in [0.15, 0.2) is 11.5 Å². The highest BCUT2D eigenvalue weighted by Crippen LogP contribution is 2.28. The van der Waals surface area contributed by atoms with Crippen molar-refractivity contribution < 1.29 is 19.1 Å². The van der Waals surface area contributed by atoms with E-state index in [9.17, 15) is 9.59 Å². The summed E-state index contributed by atoms with van der Waals surface area (Å²) < 4.78 is 11.7. The molecule has 6 nitrogen and oxygen atoms in total. The lowest BCUT2D eigenvalue weighted by atomic mass is 10.0. The molecule has 0 aliphatic carbocycles. The molecule has 7 heteroatoms. The molecular weight excluding hydrogens is 496 g/mol. The van der Waals surface area contributed by atoms with Crippen molar-refractivity contribution in [3.63, 3.8) is 0 Å². The minimum Gasteiger partial charge on any atom is -0.493 e. The van der Waals surface area contributed by atoms with E-state index in [1.165, 1.54) is 13.3 Å². The molecule has 0 unspecified atom stereocenters. The topological polar surface area (TPSA) is 77.0 Å². The fourth-order valence-corrected chi connectivity index (χ4v) is 3.70. The largest absolute Gasteiger partial charge is 0.493 e. The van der Waals surface area contributed by atoms with Crippen LogP contribution in [0, 0.1) is 0 Å². The monoisotopic (exact) mass is 516 g/mol. The fraction of sp³-hybridized carbons (Fsp3) is 0.0741. The second-order valence-corrected chi connectivity index (χ2v) is 8.33. The van der Waals surface area contributed by atoms with Gasteiger partial charge in [-0.2, -0.15) is 5.10 Å². The molecule has 0 saturated heterocycles. The quantitative estimate of drug-likeness (QED) is 0.152. The van der Waals surface area contributed by atoms with Crippen LogP contribution in [0.4, 0.5) is 0 Å². The third-order valence-corrected chi connectivity index (χ3v) is 5.63. The number of rotatable bonds is 7. The van der Waals surface area contributed by atoms with E-state index in [-0.39, 0.29) is 18.1 Å². The van der Waals surface area contributed by atoms with E-state index in [1.807, 2.05) is 42.5 Å². The number of ether oxygens (including phenoxy) is 2. The third-order valence-electron chi connectivity index (χ3n) is 5.10. The van der Waals surface area contributed by atoms with Gasteiger partial charge in [-0.1, -0.05) is 58.4 Å². The smallest absolute Gasteiger partial charge is 0.343 e. The molecule has 0 saturated carbocycles. The molecule has 0 fully saturated rings. The number of carbonyl (C=O) groups is 2. The number of benzene rings is 4. The van der Waals surface area contributed by atoms with Crippen LogP contribution in [0.25, 0.3) is 10.8 Å². The summed E-state index contributed by atoms with van der Waals surface area (Å²) in [6, 6.07) is 25.7. The molecule has 0 radical (unpaired) electrons. The van der Waals surface area contributed by atoms with E-state index in [1.54, 1.807) is 42.5 Å². The van der Waals surface area contributed by atoms with Crippen LogP contribution in [0.5, 0.6) is 11.5 Å². The van der Waals surface area contributed by atoms with Crippen molar-refractivity contribution in [3.8, 4) is 11.5 Å². The molecule has 1 N–H and O–H groups in total. The number of nitrogens with one attached hydrogen (secondary N) is 1. The molecule has 0 heterocycles. The van der Waals surface area contributed by atoms with E-state index >= 15 is 0 Å². The van der Waals surface area contributed by atoms with Crippen molar-refractivity contribution >= 4 is 44.8 Å². The van der Waals surface area contributed by atoms with Gasteiger partial charge in [-0.15, -0.1) is 0 Å². The van der Waals surface area contributed by atoms with Crippen molar-refractivity contribution in [2.75, 3.05) is 7.11 Å². The summed E-state index contributed by atoms with van der Waals surface area (Å²) in [6.07, 6.45) is 1.72. The minimum atomic E-state index is -0.493. The molecule has 0 bridgehead atoms. The van der Waals surface area contributed by atoms with Gasteiger partial charge < -0.3 is 9.47 Å². The number of esters is 1. The number of hydrogen-bond acceptors (Lipinski definition) is 5. The van der Waals surface area contributed by atoms with E-state index in [4.69, 9.17) is 9.47 Å². The van der Waals surface area contributed by atoms with Gasteiger partial charge in [-0.05, 0) is 64.4 Å². The van der Waals surface area contributed by atoms with Crippen LogP contribution in [0.15, 0.2) is 94.5 Å². The zero-order valence-corrected chi connectivity index (χ0v) is 19.9. The first-order chi connectivity index (χ1) is 16.5. The van der Waals surface area contributed by atoms with E-state index in [0.29, 0.717) is 16.9 Å². The Morgan fingerprint density at radius 2 is 1.71 bits per heavy atom. The molecule has 4 aromatic carbocycles. The second kappa shape index (κ2) is 10.8. The zero-order valence-electron chi connectivity index (χ0n) is 18.3. The summed E-state index contributed by atoms with van der Waals surface area (Å²) in [6.45, 7) is 0. The summed E-state index contributed by atoms with van der Waals surface area (Å²) >= 11 is 3.34. The second-order valence-electron chi connectivity index (χ2n) is 7.41. The molecule has 0 aliphatic rings. The molecule has 4 rings (SSSR count). The normalized spacial score (nSPS) is 10.9. The Bertz CT molecular complexity index is 1360. The number of amides is 1. The highest BCUT2D eigenvalue weighted by atomic mass is 79.9. The van der Waals surface area contributed by atoms with Crippen LogP contribution in [-0.4, -0.2) is 25.2 Å². The molecule has 34 heavy (non-hydrogen) atoms. The predicted molar refractivity (Wildman–Crippen MR) is 135 cm³/mol. The minimum absolute atomic E-state index is 0.215. The van der Waals surface area contributed by atoms with E-state index in [0.717, 1.165) is 20.8 Å². The maximum atomic E-state index is 12.4. The van der Waals surface area contributed by atoms with Crippen molar-refractivity contribution in [1.82, 2.24) is 5.43 Å². The number of methoxy groups -OCH3 is 1. The van der Waals surface area contributed by atoms with Gasteiger partial charge in [0.1, 0.15) is 0 Å². The summed E-state index contributed by atoms with van der Waals surface area (Å²) in [5, 5.41) is 6.18. The van der Waals surface area contributed by atoms with E-state index in [2.05, 4.69) is 26.5 Å². The average molecular weight is 517 g/mol. The van der Waals surface area contributed by atoms with Crippen molar-refractivity contribution in [1.29, 1.82) is 0 Å². The van der Waals surface area contributed by atoms with Crippen LogP contribution >= 0.6 is 15.9 Å². The zero-order chi connectivity index (χ0) is 23.9. The van der Waals surface area contributed by atoms with E-state index < -0.39 is 5.97 Å². The Morgan fingerprint density at radius 1 is 0.941 bits per heavy atom. The van der Waals surface area contributed by atoms with Crippen molar-refractivity contribution in [3.05, 3.63) is 106 Å². The third kappa shape index (κ3) is 5.68. The van der Waals surface area contributed by atoms with Gasteiger partial charge in [0.2, 0.25) is 5.91 Å². The summed E-state index contributed by atoms with van der Waals surface area (Å²) in [4.78, 5) is 24.8. The molecule has 170 valence electrons. The molecular formula is C27H21BrN2O4. The standard InChI is InChI=1S/C27H21BrN2O4/c1-33-25-15-18(9-14-24(25)34-27(32)20-10-12-22(28)13-11-20)17-29-30-26(31)16-21-7-4-6-19-5-2-3-8-23(19)21/h2-15,17H,16H2,1H3,(H,30,31)/b29-17+. The van der Waals surface area contributed by atoms with Crippen LogP contribution in [0.1, 0.15) is 21.5 Å². The number of hydrazone groups is 1. The highest BCUT2D eigenvalue weighted by Gasteiger charge is 2.13. The summed E-state index contributed by atoms with van der Waals surface area (Å²) in [5.74, 6) is -0.0587. The molecule has 0 aromatic heterocycles. The van der Waals surface area contributed by atoms with Crippen molar-refractivity contribution in [2.24, 2.45) is 5.10 Å². The highest BCUT2D eigenvalue weighted by molar-refractivity contribution is 9.10. The Labute approximate surface area is 205 Å². The fourth-order valence-electron chi connectivity index (χ4n) is 3.43. The van der Waals surface area contributed by atoms with Gasteiger partial charge in [-0.3, -0.25) is 4.79 Å². The van der Waals surface area contributed by atoms with Crippen LogP contribution in [0.2, 0.25) is 0 Å². The molecule has 0 atom stereocenters. The number of hydrogen-bond donors (Lipinski definition) is 1. The number of nitrogens with zero attached hydrogens (tertiary/aromatic N) is 1. The lowest BCUT2D eigenvalue weighted by Crippen LogP contribution is -2.19. The lowest BCUT2D eigenvalue weighted by Gasteiger charge is -2.10. The van der Waals surface area contributed by atoms with Gasteiger partial charge in [0.25, 0.3) is 0 Å². The first-order valence-corrected chi connectivity index (χ1v) is 11.3. The Hall–Kier alpha value is -3.97. The first kappa shape index (κ1) is 23.2. The van der Waals surface area contributed by atoms with Gasteiger partial charge in [0, 0.05) is 4.47 Å². The molecule has 0 spiro atoms. The maximum absolute atomic E-state index is 12.4.